The van der Waals surface area contributed by atoms with Crippen LogP contribution in [0.4, 0.5) is 0 Å². The second-order valence-electron chi connectivity index (χ2n) is 10.8. The lowest BCUT2D eigenvalue weighted by Gasteiger charge is -2.12. The van der Waals surface area contributed by atoms with Crippen LogP contribution < -0.4 is 0 Å². The highest BCUT2D eigenvalue weighted by atomic mass is 15.0. The average molecular weight is 550 g/mol. The highest BCUT2D eigenvalue weighted by Gasteiger charge is 2.24. The molecule has 6 aromatic carbocycles. The first-order chi connectivity index (χ1) is 21.3. The fourth-order valence-electron chi connectivity index (χ4n) is 6.16. The Kier molecular flexibility index (Phi) is 6.20. The molecule has 0 radical (unpaired) electrons. The minimum atomic E-state index is 0.664. The molecule has 202 valence electrons. The normalized spacial score (nSPS) is 11.6. The lowest BCUT2D eigenvalue weighted by molar-refractivity contribution is 1.07. The van der Waals surface area contributed by atoms with Crippen molar-refractivity contribution in [1.82, 2.24) is 15.0 Å². The Morgan fingerprint density at radius 2 is 0.674 bits per heavy atom. The maximum atomic E-state index is 4.96. The number of hydrogen-bond donors (Lipinski definition) is 0. The van der Waals surface area contributed by atoms with Crippen molar-refractivity contribution in [3.05, 3.63) is 163 Å². The average Bonchev–Trinajstić information content (AvgIpc) is 3.48. The van der Waals surface area contributed by atoms with Crippen molar-refractivity contribution in [2.45, 2.75) is 6.42 Å². The Morgan fingerprint density at radius 3 is 1.21 bits per heavy atom. The Balaban J connectivity index is 1.23. The summed E-state index contributed by atoms with van der Waals surface area (Å²) in [6.07, 6.45) is 0.901. The molecule has 0 spiro atoms. The second-order valence-corrected chi connectivity index (χ2v) is 10.8. The van der Waals surface area contributed by atoms with E-state index in [1.807, 2.05) is 60.7 Å². The monoisotopic (exact) mass is 549 g/mol. The summed E-state index contributed by atoms with van der Waals surface area (Å²) in [5.74, 6) is 2.00. The molecule has 0 fully saturated rings. The van der Waals surface area contributed by atoms with E-state index in [4.69, 9.17) is 15.0 Å². The molecule has 0 amide bonds. The van der Waals surface area contributed by atoms with E-state index >= 15 is 0 Å². The SMILES string of the molecule is c1ccc(-c2nc(-c3ccccc3)nc(-c3cccc(-c4cccc5c4Cc4c(-c6ccccc6)cccc4-5)c3)n2)cc1. The van der Waals surface area contributed by atoms with Crippen LogP contribution in [-0.2, 0) is 6.42 Å². The first-order valence-electron chi connectivity index (χ1n) is 14.6. The van der Waals surface area contributed by atoms with Crippen molar-refractivity contribution in [2.24, 2.45) is 0 Å². The summed E-state index contributed by atoms with van der Waals surface area (Å²) in [5, 5.41) is 0. The Morgan fingerprint density at radius 1 is 0.302 bits per heavy atom. The van der Waals surface area contributed by atoms with Gasteiger partial charge in [-0.3, -0.25) is 0 Å². The summed E-state index contributed by atoms with van der Waals surface area (Å²) in [7, 11) is 0. The van der Waals surface area contributed by atoms with Crippen molar-refractivity contribution < 1.29 is 0 Å². The number of hydrogen-bond acceptors (Lipinski definition) is 3. The van der Waals surface area contributed by atoms with Gasteiger partial charge in [0.25, 0.3) is 0 Å². The van der Waals surface area contributed by atoms with Gasteiger partial charge in [-0.1, -0.05) is 146 Å². The number of nitrogens with zero attached hydrogens (tertiary/aromatic N) is 3. The molecule has 0 saturated heterocycles. The number of benzene rings is 6. The van der Waals surface area contributed by atoms with Gasteiger partial charge in [-0.05, 0) is 57.0 Å². The van der Waals surface area contributed by atoms with Crippen LogP contribution in [0.5, 0.6) is 0 Å². The number of fused-ring (bicyclic) bond motifs is 3. The topological polar surface area (TPSA) is 38.7 Å². The zero-order valence-electron chi connectivity index (χ0n) is 23.5. The molecule has 0 unspecified atom stereocenters. The van der Waals surface area contributed by atoms with Crippen LogP contribution in [0.25, 0.3) is 67.5 Å². The fraction of sp³-hybridized carbons (Fsp3) is 0.0250. The molecule has 0 atom stereocenters. The smallest absolute Gasteiger partial charge is 0.164 e. The van der Waals surface area contributed by atoms with E-state index in [0.717, 1.165) is 28.7 Å². The zero-order valence-corrected chi connectivity index (χ0v) is 23.5. The molecule has 0 N–H and O–H groups in total. The lowest BCUT2D eigenvalue weighted by atomic mass is 9.94. The molecule has 0 aliphatic heterocycles. The van der Waals surface area contributed by atoms with E-state index in [9.17, 15) is 0 Å². The third-order valence-corrected chi connectivity index (χ3v) is 8.21. The predicted octanol–water partition coefficient (Wildman–Crippen LogP) is 9.78. The van der Waals surface area contributed by atoms with Crippen molar-refractivity contribution in [3.8, 4) is 67.5 Å². The molecule has 1 aliphatic carbocycles. The summed E-state index contributed by atoms with van der Waals surface area (Å²) in [5.41, 5.74) is 13.3. The first kappa shape index (κ1) is 25.1. The zero-order chi connectivity index (χ0) is 28.6. The standard InChI is InChI=1S/C40H27N3/c1-4-13-27(14-5-1)32-21-11-23-34-35-24-12-22-33(37(35)26-36(32)34)30-19-10-20-31(25-30)40-42-38(28-15-6-2-7-16-28)41-39(43-40)29-17-8-3-9-18-29/h1-25H,26H2. The van der Waals surface area contributed by atoms with E-state index < -0.39 is 0 Å². The van der Waals surface area contributed by atoms with Gasteiger partial charge in [0.05, 0.1) is 0 Å². The largest absolute Gasteiger partial charge is 0.208 e. The van der Waals surface area contributed by atoms with Crippen LogP contribution in [0.15, 0.2) is 152 Å². The molecular formula is C40H27N3. The van der Waals surface area contributed by atoms with E-state index in [2.05, 4.69) is 91.0 Å². The summed E-state index contributed by atoms with van der Waals surface area (Å²) in [6, 6.07) is 52.9. The van der Waals surface area contributed by atoms with Crippen molar-refractivity contribution in [1.29, 1.82) is 0 Å². The molecule has 3 nitrogen and oxygen atoms in total. The highest BCUT2D eigenvalue weighted by Crippen LogP contribution is 2.45. The van der Waals surface area contributed by atoms with Gasteiger partial charge in [-0.15, -0.1) is 0 Å². The number of aromatic nitrogens is 3. The summed E-state index contributed by atoms with van der Waals surface area (Å²) < 4.78 is 0. The minimum absolute atomic E-state index is 0.664. The second kappa shape index (κ2) is 10.6. The maximum absolute atomic E-state index is 4.96. The molecule has 0 bridgehead atoms. The van der Waals surface area contributed by atoms with E-state index in [-0.39, 0.29) is 0 Å². The van der Waals surface area contributed by atoms with Crippen LogP contribution in [0.3, 0.4) is 0 Å². The number of rotatable bonds is 5. The third-order valence-electron chi connectivity index (χ3n) is 8.21. The predicted molar refractivity (Wildman–Crippen MR) is 175 cm³/mol. The van der Waals surface area contributed by atoms with Gasteiger partial charge >= 0.3 is 0 Å². The fourth-order valence-corrected chi connectivity index (χ4v) is 6.16. The Labute approximate surface area is 251 Å². The molecule has 43 heavy (non-hydrogen) atoms. The van der Waals surface area contributed by atoms with Gasteiger partial charge in [0.2, 0.25) is 0 Å². The summed E-state index contributed by atoms with van der Waals surface area (Å²) >= 11 is 0. The highest BCUT2D eigenvalue weighted by molar-refractivity contribution is 5.90. The molecule has 1 heterocycles. The maximum Gasteiger partial charge on any atom is 0.164 e. The Hall–Kier alpha value is -5.67. The molecule has 0 saturated carbocycles. The summed E-state index contributed by atoms with van der Waals surface area (Å²) in [4.78, 5) is 14.8. The first-order valence-corrected chi connectivity index (χ1v) is 14.6. The van der Waals surface area contributed by atoms with Gasteiger partial charge in [0.1, 0.15) is 0 Å². The minimum Gasteiger partial charge on any atom is -0.208 e. The van der Waals surface area contributed by atoms with Gasteiger partial charge in [-0.25, -0.2) is 15.0 Å². The van der Waals surface area contributed by atoms with Gasteiger partial charge in [0, 0.05) is 16.7 Å². The Bertz CT molecular complexity index is 2030. The van der Waals surface area contributed by atoms with Crippen LogP contribution in [0.2, 0.25) is 0 Å². The quantitative estimate of drug-likeness (QED) is 0.214. The van der Waals surface area contributed by atoms with E-state index in [1.54, 1.807) is 0 Å². The molecule has 1 aliphatic rings. The molecule has 7 aromatic rings. The van der Waals surface area contributed by atoms with Crippen LogP contribution in [0.1, 0.15) is 11.1 Å². The summed E-state index contributed by atoms with van der Waals surface area (Å²) in [6.45, 7) is 0. The molecule has 3 heteroatoms. The van der Waals surface area contributed by atoms with Crippen LogP contribution >= 0.6 is 0 Å². The van der Waals surface area contributed by atoms with Gasteiger partial charge < -0.3 is 0 Å². The van der Waals surface area contributed by atoms with Gasteiger partial charge in [0.15, 0.2) is 17.5 Å². The van der Waals surface area contributed by atoms with Crippen LogP contribution in [-0.4, -0.2) is 15.0 Å². The molecule has 8 rings (SSSR count). The molecule has 1 aromatic heterocycles. The van der Waals surface area contributed by atoms with E-state index in [1.165, 1.54) is 38.9 Å². The van der Waals surface area contributed by atoms with Crippen molar-refractivity contribution >= 4 is 0 Å². The van der Waals surface area contributed by atoms with E-state index in [0.29, 0.717) is 17.5 Å². The van der Waals surface area contributed by atoms with Crippen molar-refractivity contribution in [2.75, 3.05) is 0 Å². The molecular weight excluding hydrogens is 522 g/mol. The van der Waals surface area contributed by atoms with Crippen LogP contribution in [0, 0.1) is 0 Å². The lowest BCUT2D eigenvalue weighted by Crippen LogP contribution is -2.00. The third kappa shape index (κ3) is 4.61. The van der Waals surface area contributed by atoms with Crippen molar-refractivity contribution in [3.63, 3.8) is 0 Å². The van der Waals surface area contributed by atoms with Gasteiger partial charge in [-0.2, -0.15) is 0 Å².